The van der Waals surface area contributed by atoms with Gasteiger partial charge in [-0.1, -0.05) is 30.3 Å². The average Bonchev–Trinajstić information content (AvgIpc) is 2.70. The molecule has 20 heavy (non-hydrogen) atoms. The van der Waals surface area contributed by atoms with E-state index in [-0.39, 0.29) is 11.3 Å². The molecule has 1 atom stereocenters. The monoisotopic (exact) mass is 291 g/mol. The molecule has 0 aliphatic carbocycles. The molecule has 3 nitrogen and oxygen atoms in total. The molecule has 1 aromatic heterocycles. The number of carbonyl (C=O) groups excluding carboxylic acids is 1. The SMILES string of the molecule is Cc1oc(C)c(C(=O)NCC(Cl)c2ccccc2)c1C. The maximum atomic E-state index is 12.2. The predicted molar refractivity (Wildman–Crippen MR) is 80.3 cm³/mol. The van der Waals surface area contributed by atoms with Gasteiger partial charge in [0.05, 0.1) is 10.9 Å². The van der Waals surface area contributed by atoms with Gasteiger partial charge < -0.3 is 9.73 Å². The molecule has 4 heteroatoms. The molecular weight excluding hydrogens is 274 g/mol. The van der Waals surface area contributed by atoms with Crippen molar-refractivity contribution in [3.8, 4) is 0 Å². The van der Waals surface area contributed by atoms with E-state index in [4.69, 9.17) is 16.0 Å². The van der Waals surface area contributed by atoms with Crippen molar-refractivity contribution in [2.24, 2.45) is 0 Å². The van der Waals surface area contributed by atoms with Crippen LogP contribution in [0.4, 0.5) is 0 Å². The van der Waals surface area contributed by atoms with Crippen molar-refractivity contribution in [1.29, 1.82) is 0 Å². The van der Waals surface area contributed by atoms with E-state index in [0.29, 0.717) is 17.9 Å². The molecule has 1 aromatic carbocycles. The molecule has 0 aliphatic rings. The van der Waals surface area contributed by atoms with Gasteiger partial charge >= 0.3 is 0 Å². The van der Waals surface area contributed by atoms with Crippen LogP contribution in [-0.2, 0) is 0 Å². The summed E-state index contributed by atoms with van der Waals surface area (Å²) in [5, 5.41) is 2.62. The zero-order chi connectivity index (χ0) is 14.7. The molecule has 0 spiro atoms. The second-order valence-electron chi connectivity index (χ2n) is 4.80. The fraction of sp³-hybridized carbons (Fsp3) is 0.312. The smallest absolute Gasteiger partial charge is 0.255 e. The van der Waals surface area contributed by atoms with Gasteiger partial charge in [-0.05, 0) is 26.3 Å². The first kappa shape index (κ1) is 14.7. The van der Waals surface area contributed by atoms with Gasteiger partial charge in [-0.15, -0.1) is 11.6 Å². The van der Waals surface area contributed by atoms with Crippen LogP contribution in [0.3, 0.4) is 0 Å². The topological polar surface area (TPSA) is 42.2 Å². The maximum Gasteiger partial charge on any atom is 0.255 e. The van der Waals surface area contributed by atoms with Crippen LogP contribution in [0.15, 0.2) is 34.7 Å². The van der Waals surface area contributed by atoms with Gasteiger partial charge in [-0.2, -0.15) is 0 Å². The maximum absolute atomic E-state index is 12.2. The van der Waals surface area contributed by atoms with E-state index in [1.165, 1.54) is 0 Å². The Balaban J connectivity index is 2.02. The number of hydrogen-bond acceptors (Lipinski definition) is 2. The van der Waals surface area contributed by atoms with Crippen molar-refractivity contribution in [3.05, 3.63) is 58.5 Å². The molecule has 0 saturated carbocycles. The van der Waals surface area contributed by atoms with Crippen LogP contribution in [0.25, 0.3) is 0 Å². The van der Waals surface area contributed by atoms with Crippen molar-refractivity contribution < 1.29 is 9.21 Å². The number of aryl methyl sites for hydroxylation is 2. The first-order valence-electron chi connectivity index (χ1n) is 6.54. The van der Waals surface area contributed by atoms with E-state index in [0.717, 1.165) is 16.9 Å². The number of carbonyl (C=O) groups is 1. The third kappa shape index (κ3) is 3.05. The van der Waals surface area contributed by atoms with Crippen LogP contribution >= 0.6 is 11.6 Å². The van der Waals surface area contributed by atoms with Crippen LogP contribution in [0.5, 0.6) is 0 Å². The normalized spacial score (nSPS) is 12.2. The number of alkyl halides is 1. The molecule has 0 aliphatic heterocycles. The van der Waals surface area contributed by atoms with Crippen molar-refractivity contribution in [2.75, 3.05) is 6.54 Å². The Hall–Kier alpha value is -1.74. The second-order valence-corrected chi connectivity index (χ2v) is 5.33. The first-order chi connectivity index (χ1) is 9.50. The molecule has 0 radical (unpaired) electrons. The van der Waals surface area contributed by atoms with Crippen molar-refractivity contribution in [1.82, 2.24) is 5.32 Å². The van der Waals surface area contributed by atoms with Gasteiger partial charge in [0.15, 0.2) is 0 Å². The van der Waals surface area contributed by atoms with Gasteiger partial charge in [-0.3, -0.25) is 4.79 Å². The number of halogens is 1. The number of benzene rings is 1. The van der Waals surface area contributed by atoms with Crippen LogP contribution in [0.2, 0.25) is 0 Å². The molecule has 1 N–H and O–H groups in total. The van der Waals surface area contributed by atoms with Crippen LogP contribution in [-0.4, -0.2) is 12.5 Å². The number of furan rings is 1. The van der Waals surface area contributed by atoms with Gasteiger partial charge in [-0.25, -0.2) is 0 Å². The summed E-state index contributed by atoms with van der Waals surface area (Å²) in [6.45, 7) is 5.92. The Labute approximate surface area is 123 Å². The Morgan fingerprint density at radius 2 is 1.85 bits per heavy atom. The van der Waals surface area contributed by atoms with Crippen molar-refractivity contribution in [2.45, 2.75) is 26.1 Å². The Kier molecular flexibility index (Phi) is 4.50. The lowest BCUT2D eigenvalue weighted by molar-refractivity contribution is 0.0951. The highest BCUT2D eigenvalue weighted by Gasteiger charge is 2.19. The van der Waals surface area contributed by atoms with Crippen LogP contribution in [0, 0.1) is 20.8 Å². The first-order valence-corrected chi connectivity index (χ1v) is 6.98. The minimum Gasteiger partial charge on any atom is -0.466 e. The standard InChI is InChI=1S/C16H18ClNO2/c1-10-11(2)20-12(3)15(10)16(19)18-9-14(17)13-7-5-4-6-8-13/h4-8,14H,9H2,1-3H3,(H,18,19). The van der Waals surface area contributed by atoms with Crippen molar-refractivity contribution in [3.63, 3.8) is 0 Å². The number of nitrogens with one attached hydrogen (secondary N) is 1. The number of rotatable bonds is 4. The molecule has 2 rings (SSSR count). The highest BCUT2D eigenvalue weighted by atomic mass is 35.5. The Bertz CT molecular complexity index is 604. The zero-order valence-corrected chi connectivity index (χ0v) is 12.6. The lowest BCUT2D eigenvalue weighted by atomic mass is 10.1. The zero-order valence-electron chi connectivity index (χ0n) is 11.9. The average molecular weight is 292 g/mol. The fourth-order valence-corrected chi connectivity index (χ4v) is 2.40. The minimum absolute atomic E-state index is 0.140. The van der Waals surface area contributed by atoms with E-state index in [1.54, 1.807) is 6.92 Å². The highest BCUT2D eigenvalue weighted by Crippen LogP contribution is 2.22. The fourth-order valence-electron chi connectivity index (χ4n) is 2.18. The van der Waals surface area contributed by atoms with Gasteiger partial charge in [0.25, 0.3) is 5.91 Å². The third-order valence-electron chi connectivity index (χ3n) is 3.39. The molecule has 0 saturated heterocycles. The highest BCUT2D eigenvalue weighted by molar-refractivity contribution is 6.21. The van der Waals surface area contributed by atoms with Gasteiger partial charge in [0.1, 0.15) is 11.5 Å². The summed E-state index contributed by atoms with van der Waals surface area (Å²) in [6, 6.07) is 9.69. The Morgan fingerprint density at radius 3 is 2.40 bits per heavy atom. The summed E-state index contributed by atoms with van der Waals surface area (Å²) in [6.07, 6.45) is 0. The van der Waals surface area contributed by atoms with E-state index in [2.05, 4.69) is 5.32 Å². The van der Waals surface area contributed by atoms with Crippen molar-refractivity contribution >= 4 is 17.5 Å². The molecule has 0 fully saturated rings. The molecular formula is C16H18ClNO2. The lowest BCUT2D eigenvalue weighted by Crippen LogP contribution is -2.27. The summed E-state index contributed by atoms with van der Waals surface area (Å²) < 4.78 is 5.46. The molecule has 1 unspecified atom stereocenters. The molecule has 2 aromatic rings. The van der Waals surface area contributed by atoms with E-state index >= 15 is 0 Å². The van der Waals surface area contributed by atoms with E-state index < -0.39 is 0 Å². The minimum atomic E-state index is -0.242. The van der Waals surface area contributed by atoms with Gasteiger partial charge in [0.2, 0.25) is 0 Å². The van der Waals surface area contributed by atoms with Crippen LogP contribution < -0.4 is 5.32 Å². The quantitative estimate of drug-likeness (QED) is 0.868. The number of amides is 1. The van der Waals surface area contributed by atoms with E-state index in [9.17, 15) is 4.79 Å². The summed E-state index contributed by atoms with van der Waals surface area (Å²) in [5.74, 6) is 1.28. The Morgan fingerprint density at radius 1 is 1.20 bits per heavy atom. The summed E-state index contributed by atoms with van der Waals surface area (Å²) >= 11 is 6.28. The number of hydrogen-bond donors (Lipinski definition) is 1. The predicted octanol–water partition coefficient (Wildman–Crippen LogP) is 3.91. The lowest BCUT2D eigenvalue weighted by Gasteiger charge is -2.11. The molecule has 1 amide bonds. The molecule has 1 heterocycles. The summed E-state index contributed by atoms with van der Waals surface area (Å²) in [7, 11) is 0. The largest absolute Gasteiger partial charge is 0.466 e. The summed E-state index contributed by atoms with van der Waals surface area (Å²) in [4.78, 5) is 12.2. The second kappa shape index (κ2) is 6.14. The van der Waals surface area contributed by atoms with Gasteiger partial charge in [0, 0.05) is 12.1 Å². The van der Waals surface area contributed by atoms with Crippen LogP contribution in [0.1, 0.15) is 38.4 Å². The van der Waals surface area contributed by atoms with E-state index in [1.807, 2.05) is 44.2 Å². The summed E-state index contributed by atoms with van der Waals surface area (Å²) in [5.41, 5.74) is 2.48. The molecule has 106 valence electrons. The third-order valence-corrected chi connectivity index (χ3v) is 3.80. The molecule has 0 bridgehead atoms.